The highest BCUT2D eigenvalue weighted by Crippen LogP contribution is 2.38. The van der Waals surface area contributed by atoms with E-state index in [1.165, 1.54) is 14.2 Å². The van der Waals surface area contributed by atoms with E-state index in [1.807, 2.05) is 19.1 Å². The highest BCUT2D eigenvalue weighted by atomic mass is 28.4. The lowest BCUT2D eigenvalue weighted by Crippen LogP contribution is -2.44. The van der Waals surface area contributed by atoms with Crippen LogP contribution in [0.4, 0.5) is 0 Å². The summed E-state index contributed by atoms with van der Waals surface area (Å²) in [5.74, 6) is 8.68. The number of hydrogen-bond acceptors (Lipinski definition) is 6. The zero-order valence-corrected chi connectivity index (χ0v) is 21.6. The zero-order chi connectivity index (χ0) is 24.6. The Balaban J connectivity index is 3.20. The fourth-order valence-electron chi connectivity index (χ4n) is 2.90. The van der Waals surface area contributed by atoms with E-state index < -0.39 is 25.7 Å². The maximum absolute atomic E-state index is 12.5. The predicted octanol–water partition coefficient (Wildman–Crippen LogP) is 4.66. The summed E-state index contributed by atoms with van der Waals surface area (Å²) < 4.78 is 21.9. The SMILES string of the molecule is C#CCC(CC#CC(CCc1ccc(C)o1)O[Si](C)(C)C(C)(C)C)(C(=O)OC)C(=O)OC. The van der Waals surface area contributed by atoms with Crippen LogP contribution in [0.3, 0.4) is 0 Å². The fourth-order valence-corrected chi connectivity index (χ4v) is 4.14. The van der Waals surface area contributed by atoms with Crippen molar-refractivity contribution in [3.05, 3.63) is 23.7 Å². The van der Waals surface area contributed by atoms with Crippen LogP contribution in [0, 0.1) is 36.5 Å². The smallest absolute Gasteiger partial charge is 0.325 e. The standard InChI is InChI=1S/C25H36O6Si/c1-10-17-25(22(26)28-6,23(27)29-7)18-11-12-21(31-32(8,9)24(3,4)5)16-15-20-14-13-19(2)30-20/h1,13-14,21H,15-18H2,2-9H3. The molecule has 1 rings (SSSR count). The minimum Gasteiger partial charge on any atom is -0.468 e. The summed E-state index contributed by atoms with van der Waals surface area (Å²) in [5.41, 5.74) is -1.66. The fraction of sp³-hybridized carbons (Fsp3) is 0.600. The van der Waals surface area contributed by atoms with Gasteiger partial charge in [-0.05, 0) is 43.6 Å². The third-order valence-corrected chi connectivity index (χ3v) is 10.4. The molecule has 0 saturated carbocycles. The molecule has 0 amide bonds. The van der Waals surface area contributed by atoms with E-state index >= 15 is 0 Å². The minimum atomic E-state index is -2.12. The number of rotatable bonds is 9. The molecule has 1 aromatic heterocycles. The first-order valence-corrected chi connectivity index (χ1v) is 13.6. The van der Waals surface area contributed by atoms with Gasteiger partial charge in [0.1, 0.15) is 17.6 Å². The average molecular weight is 461 g/mol. The van der Waals surface area contributed by atoms with Crippen LogP contribution in [0.1, 0.15) is 51.6 Å². The third kappa shape index (κ3) is 7.02. The second-order valence-corrected chi connectivity index (χ2v) is 14.1. The number of hydrogen-bond donors (Lipinski definition) is 0. The Bertz CT molecular complexity index is 872. The van der Waals surface area contributed by atoms with Crippen LogP contribution in [-0.2, 0) is 29.9 Å². The van der Waals surface area contributed by atoms with Crippen LogP contribution in [0.25, 0.3) is 0 Å². The molecular formula is C25H36O6Si. The largest absolute Gasteiger partial charge is 0.468 e. The first-order chi connectivity index (χ1) is 14.8. The van der Waals surface area contributed by atoms with Gasteiger partial charge in [-0.3, -0.25) is 9.59 Å². The molecule has 1 heterocycles. The molecule has 1 atom stereocenters. The summed E-state index contributed by atoms with van der Waals surface area (Å²) in [6, 6.07) is 3.87. The Labute approximate surface area is 193 Å². The van der Waals surface area contributed by atoms with Crippen molar-refractivity contribution in [2.75, 3.05) is 14.2 Å². The zero-order valence-electron chi connectivity index (χ0n) is 20.6. The number of methoxy groups -OCH3 is 2. The van der Waals surface area contributed by atoms with Gasteiger partial charge >= 0.3 is 11.9 Å². The number of ether oxygens (including phenoxy) is 2. The molecular weight excluding hydrogens is 424 g/mol. The maximum Gasteiger partial charge on any atom is 0.325 e. The van der Waals surface area contributed by atoms with Crippen LogP contribution in [0.5, 0.6) is 0 Å². The van der Waals surface area contributed by atoms with Crippen molar-refractivity contribution in [3.8, 4) is 24.2 Å². The van der Waals surface area contributed by atoms with Gasteiger partial charge in [0.05, 0.1) is 14.2 Å². The van der Waals surface area contributed by atoms with Crippen molar-refractivity contribution in [2.45, 2.75) is 77.6 Å². The highest BCUT2D eigenvalue weighted by molar-refractivity contribution is 6.74. The Morgan fingerprint density at radius 1 is 1.12 bits per heavy atom. The monoisotopic (exact) mass is 460 g/mol. The summed E-state index contributed by atoms with van der Waals surface area (Å²) >= 11 is 0. The Hall–Kier alpha value is -2.48. The van der Waals surface area contributed by atoms with Crippen molar-refractivity contribution >= 4 is 20.3 Å². The van der Waals surface area contributed by atoms with Crippen molar-refractivity contribution in [3.63, 3.8) is 0 Å². The van der Waals surface area contributed by atoms with Crippen LogP contribution in [-0.4, -0.2) is 40.6 Å². The molecule has 32 heavy (non-hydrogen) atoms. The van der Waals surface area contributed by atoms with Crippen LogP contribution < -0.4 is 0 Å². The van der Waals surface area contributed by atoms with Gasteiger partial charge in [-0.25, -0.2) is 0 Å². The topological polar surface area (TPSA) is 75.0 Å². The number of furan rings is 1. The molecule has 6 nitrogen and oxygen atoms in total. The lowest BCUT2D eigenvalue weighted by Gasteiger charge is -2.38. The summed E-state index contributed by atoms with van der Waals surface area (Å²) in [6.07, 6.45) is 6.03. The van der Waals surface area contributed by atoms with Gasteiger partial charge in [-0.1, -0.05) is 32.6 Å². The molecule has 0 aliphatic carbocycles. The van der Waals surface area contributed by atoms with E-state index in [1.54, 1.807) is 0 Å². The van der Waals surface area contributed by atoms with Crippen molar-refractivity contribution < 1.29 is 27.9 Å². The van der Waals surface area contributed by atoms with E-state index in [2.05, 4.69) is 51.6 Å². The lowest BCUT2D eigenvalue weighted by molar-refractivity contribution is -0.168. The molecule has 0 N–H and O–H groups in total. The number of carbonyl (C=O) groups excluding carboxylic acids is 2. The van der Waals surface area contributed by atoms with Gasteiger partial charge < -0.3 is 18.3 Å². The minimum absolute atomic E-state index is 0.000535. The summed E-state index contributed by atoms with van der Waals surface area (Å²) in [4.78, 5) is 24.9. The lowest BCUT2D eigenvalue weighted by atomic mass is 9.81. The van der Waals surface area contributed by atoms with Crippen molar-refractivity contribution in [1.82, 2.24) is 0 Å². The van der Waals surface area contributed by atoms with Crippen LogP contribution in [0.15, 0.2) is 16.5 Å². The molecule has 0 saturated heterocycles. The van der Waals surface area contributed by atoms with E-state index in [9.17, 15) is 9.59 Å². The van der Waals surface area contributed by atoms with E-state index in [4.69, 9.17) is 24.7 Å². The first kappa shape index (κ1) is 27.6. The summed E-state index contributed by atoms with van der Waals surface area (Å²) in [5, 5.41) is -0.000535. The molecule has 1 unspecified atom stereocenters. The molecule has 0 fully saturated rings. The third-order valence-electron chi connectivity index (χ3n) is 5.90. The van der Waals surface area contributed by atoms with E-state index in [0.29, 0.717) is 12.8 Å². The molecule has 0 bridgehead atoms. The molecule has 0 aromatic carbocycles. The second kappa shape index (κ2) is 11.4. The van der Waals surface area contributed by atoms with Gasteiger partial charge in [0, 0.05) is 19.3 Å². The quantitative estimate of drug-likeness (QED) is 0.231. The van der Waals surface area contributed by atoms with Gasteiger partial charge in [0.15, 0.2) is 13.7 Å². The van der Waals surface area contributed by atoms with Crippen LogP contribution >= 0.6 is 0 Å². The number of terminal acetylenes is 1. The second-order valence-electron chi connectivity index (χ2n) is 9.36. The molecule has 0 aliphatic rings. The molecule has 0 aliphatic heterocycles. The van der Waals surface area contributed by atoms with Crippen molar-refractivity contribution in [2.24, 2.45) is 5.41 Å². The molecule has 176 valence electrons. The average Bonchev–Trinajstić information content (AvgIpc) is 3.14. The molecule has 1 aromatic rings. The maximum atomic E-state index is 12.5. The summed E-state index contributed by atoms with van der Waals surface area (Å²) in [7, 11) is 0.296. The number of aryl methyl sites for hydroxylation is 2. The Morgan fingerprint density at radius 3 is 2.16 bits per heavy atom. The van der Waals surface area contributed by atoms with Gasteiger partial charge in [-0.2, -0.15) is 0 Å². The van der Waals surface area contributed by atoms with Gasteiger partial charge in [0.25, 0.3) is 0 Å². The van der Waals surface area contributed by atoms with E-state index in [-0.39, 0.29) is 24.0 Å². The highest BCUT2D eigenvalue weighted by Gasteiger charge is 2.47. The number of carbonyl (C=O) groups is 2. The normalized spacial score (nSPS) is 12.8. The van der Waals surface area contributed by atoms with Crippen LogP contribution in [0.2, 0.25) is 18.1 Å². The van der Waals surface area contributed by atoms with Gasteiger partial charge in [0.2, 0.25) is 0 Å². The first-order valence-electron chi connectivity index (χ1n) is 10.6. The Kier molecular flexibility index (Phi) is 9.82. The molecule has 7 heteroatoms. The predicted molar refractivity (Wildman–Crippen MR) is 126 cm³/mol. The van der Waals surface area contributed by atoms with Gasteiger partial charge in [-0.15, -0.1) is 12.3 Å². The molecule has 0 radical (unpaired) electrons. The number of esters is 2. The summed E-state index contributed by atoms with van der Waals surface area (Å²) in [6.45, 7) is 12.7. The Morgan fingerprint density at radius 2 is 1.72 bits per heavy atom. The molecule has 0 spiro atoms. The van der Waals surface area contributed by atoms with E-state index in [0.717, 1.165) is 11.5 Å². The van der Waals surface area contributed by atoms with Crippen molar-refractivity contribution in [1.29, 1.82) is 0 Å².